The van der Waals surface area contributed by atoms with Crippen LogP contribution in [0.3, 0.4) is 0 Å². The summed E-state index contributed by atoms with van der Waals surface area (Å²) in [6, 6.07) is 13.7. The van der Waals surface area contributed by atoms with Gasteiger partial charge in [-0.25, -0.2) is 12.8 Å². The number of halogens is 1. The van der Waals surface area contributed by atoms with Crippen molar-refractivity contribution in [2.45, 2.75) is 11.0 Å². The number of nitrogens with zero attached hydrogens (tertiary/aromatic N) is 2. The van der Waals surface area contributed by atoms with Gasteiger partial charge >= 0.3 is 0 Å². The van der Waals surface area contributed by atoms with E-state index in [0.29, 0.717) is 5.56 Å². The molecule has 5 nitrogen and oxygen atoms in total. The largest absolute Gasteiger partial charge is 0.371 e. The third kappa shape index (κ3) is 3.31. The Bertz CT molecular complexity index is 875. The summed E-state index contributed by atoms with van der Waals surface area (Å²) in [4.78, 5) is 0.0845. The lowest BCUT2D eigenvalue weighted by Gasteiger charge is -2.32. The molecule has 0 saturated carbocycles. The Morgan fingerprint density at radius 1 is 1.21 bits per heavy atom. The van der Waals surface area contributed by atoms with Gasteiger partial charge in [0.15, 0.2) is 0 Å². The van der Waals surface area contributed by atoms with Crippen LogP contribution < -0.4 is 0 Å². The average molecular weight is 346 g/mol. The molecule has 1 aliphatic heterocycles. The van der Waals surface area contributed by atoms with Crippen LogP contribution in [-0.4, -0.2) is 32.4 Å². The average Bonchev–Trinajstić information content (AvgIpc) is 2.62. The summed E-state index contributed by atoms with van der Waals surface area (Å²) in [7, 11) is -3.72. The van der Waals surface area contributed by atoms with Gasteiger partial charge in [0.05, 0.1) is 29.2 Å². The molecule has 2 aromatic rings. The summed E-state index contributed by atoms with van der Waals surface area (Å²) in [5, 5.41) is 8.94. The SMILES string of the molecule is N#Cc1cccc(S(=O)(=O)N2CCOC(c3ccc(F)cc3)C2)c1. The van der Waals surface area contributed by atoms with Crippen molar-refractivity contribution >= 4 is 10.0 Å². The Hall–Kier alpha value is -2.27. The van der Waals surface area contributed by atoms with Gasteiger partial charge in [-0.3, -0.25) is 0 Å². The van der Waals surface area contributed by atoms with Crippen molar-refractivity contribution in [1.82, 2.24) is 4.31 Å². The first-order chi connectivity index (χ1) is 11.5. The van der Waals surface area contributed by atoms with Crippen molar-refractivity contribution in [2.75, 3.05) is 19.7 Å². The molecule has 7 heteroatoms. The number of rotatable bonds is 3. The highest BCUT2D eigenvalue weighted by atomic mass is 32.2. The summed E-state index contributed by atoms with van der Waals surface area (Å²) in [6.07, 6.45) is -0.451. The monoisotopic (exact) mass is 346 g/mol. The first-order valence-corrected chi connectivity index (χ1v) is 8.82. The minimum Gasteiger partial charge on any atom is -0.371 e. The summed E-state index contributed by atoms with van der Waals surface area (Å²) in [6.45, 7) is 0.626. The van der Waals surface area contributed by atoms with E-state index in [4.69, 9.17) is 10.00 Å². The van der Waals surface area contributed by atoms with Crippen LogP contribution in [0, 0.1) is 17.1 Å². The molecule has 1 atom stereocenters. The third-order valence-electron chi connectivity index (χ3n) is 3.87. The maximum Gasteiger partial charge on any atom is 0.243 e. The number of ether oxygens (including phenoxy) is 1. The molecule has 0 N–H and O–H groups in total. The van der Waals surface area contributed by atoms with Gasteiger partial charge < -0.3 is 4.74 Å². The lowest BCUT2D eigenvalue weighted by atomic mass is 10.1. The number of sulfonamides is 1. The standard InChI is InChI=1S/C17H15FN2O3S/c18-15-6-4-14(5-7-15)17-12-20(8-9-23-17)24(21,22)16-3-1-2-13(10-16)11-19/h1-7,10,17H,8-9,12H2. The van der Waals surface area contributed by atoms with E-state index >= 15 is 0 Å². The van der Waals surface area contributed by atoms with Gasteiger partial charge in [-0.2, -0.15) is 9.57 Å². The predicted octanol–water partition coefficient (Wildman–Crippen LogP) is 2.46. The number of nitriles is 1. The van der Waals surface area contributed by atoms with Crippen LogP contribution in [0.15, 0.2) is 53.4 Å². The molecular formula is C17H15FN2O3S. The van der Waals surface area contributed by atoms with Gasteiger partial charge in [0.25, 0.3) is 0 Å². The topological polar surface area (TPSA) is 70.4 Å². The Morgan fingerprint density at radius 3 is 2.67 bits per heavy atom. The Labute approximate surface area is 139 Å². The van der Waals surface area contributed by atoms with Gasteiger partial charge in [0, 0.05) is 13.1 Å². The van der Waals surface area contributed by atoms with Crippen molar-refractivity contribution in [3.63, 3.8) is 0 Å². The quantitative estimate of drug-likeness (QED) is 0.856. The summed E-state index contributed by atoms with van der Waals surface area (Å²) >= 11 is 0. The first kappa shape index (κ1) is 16.6. The van der Waals surface area contributed by atoms with Crippen LogP contribution in [0.4, 0.5) is 4.39 Å². The molecule has 1 unspecified atom stereocenters. The van der Waals surface area contributed by atoms with Crippen molar-refractivity contribution < 1.29 is 17.5 Å². The summed E-state index contributed by atoms with van der Waals surface area (Å²) < 4.78 is 45.6. The van der Waals surface area contributed by atoms with Crippen LogP contribution in [0.1, 0.15) is 17.2 Å². The zero-order chi connectivity index (χ0) is 17.2. The molecule has 24 heavy (non-hydrogen) atoms. The lowest BCUT2D eigenvalue weighted by Crippen LogP contribution is -2.42. The van der Waals surface area contributed by atoms with Gasteiger partial charge in [-0.1, -0.05) is 18.2 Å². The van der Waals surface area contributed by atoms with E-state index in [9.17, 15) is 12.8 Å². The zero-order valence-electron chi connectivity index (χ0n) is 12.7. The molecule has 3 rings (SSSR count). The van der Waals surface area contributed by atoms with E-state index in [1.807, 2.05) is 6.07 Å². The molecule has 1 heterocycles. The van der Waals surface area contributed by atoms with E-state index < -0.39 is 16.1 Å². The van der Waals surface area contributed by atoms with E-state index in [2.05, 4.69) is 0 Å². The zero-order valence-corrected chi connectivity index (χ0v) is 13.5. The van der Waals surface area contributed by atoms with Crippen LogP contribution in [0.25, 0.3) is 0 Å². The molecule has 124 valence electrons. The van der Waals surface area contributed by atoms with Crippen LogP contribution in [0.5, 0.6) is 0 Å². The van der Waals surface area contributed by atoms with E-state index in [1.54, 1.807) is 24.3 Å². The number of hydrogen-bond acceptors (Lipinski definition) is 4. The second kappa shape index (κ2) is 6.69. The van der Waals surface area contributed by atoms with Crippen LogP contribution in [-0.2, 0) is 14.8 Å². The number of benzene rings is 2. The fraction of sp³-hybridized carbons (Fsp3) is 0.235. The molecular weight excluding hydrogens is 331 g/mol. The molecule has 0 bridgehead atoms. The highest BCUT2D eigenvalue weighted by molar-refractivity contribution is 7.89. The second-order valence-electron chi connectivity index (χ2n) is 5.41. The maximum absolute atomic E-state index is 13.0. The Morgan fingerprint density at radius 2 is 1.96 bits per heavy atom. The molecule has 2 aromatic carbocycles. The summed E-state index contributed by atoms with van der Waals surface area (Å²) in [5.74, 6) is -0.354. The van der Waals surface area contributed by atoms with Gasteiger partial charge in [0.1, 0.15) is 5.82 Å². The second-order valence-corrected chi connectivity index (χ2v) is 7.35. The number of hydrogen-bond donors (Lipinski definition) is 0. The van der Waals surface area contributed by atoms with Crippen molar-refractivity contribution in [3.05, 3.63) is 65.5 Å². The molecule has 0 spiro atoms. The fourth-order valence-electron chi connectivity index (χ4n) is 2.60. The summed E-state index contributed by atoms with van der Waals surface area (Å²) in [5.41, 5.74) is 1.02. The third-order valence-corrected chi connectivity index (χ3v) is 5.73. The van der Waals surface area contributed by atoms with Crippen LogP contribution in [0.2, 0.25) is 0 Å². The molecule has 1 saturated heterocycles. The minimum absolute atomic E-state index is 0.0845. The predicted molar refractivity (Wildman–Crippen MR) is 85.0 cm³/mol. The first-order valence-electron chi connectivity index (χ1n) is 7.38. The molecule has 1 aliphatic rings. The molecule has 0 aromatic heterocycles. The van der Waals surface area contributed by atoms with Crippen molar-refractivity contribution in [3.8, 4) is 6.07 Å². The molecule has 0 amide bonds. The van der Waals surface area contributed by atoms with Gasteiger partial charge in [-0.05, 0) is 35.9 Å². The minimum atomic E-state index is -3.72. The van der Waals surface area contributed by atoms with Gasteiger partial charge in [0.2, 0.25) is 10.0 Å². The van der Waals surface area contributed by atoms with Crippen LogP contribution >= 0.6 is 0 Å². The van der Waals surface area contributed by atoms with E-state index in [1.165, 1.54) is 28.6 Å². The maximum atomic E-state index is 13.0. The smallest absolute Gasteiger partial charge is 0.243 e. The Balaban J connectivity index is 1.85. The molecule has 0 radical (unpaired) electrons. The molecule has 0 aliphatic carbocycles. The normalized spacial score (nSPS) is 18.9. The van der Waals surface area contributed by atoms with Crippen molar-refractivity contribution in [1.29, 1.82) is 5.26 Å². The number of morpholine rings is 1. The van der Waals surface area contributed by atoms with Gasteiger partial charge in [-0.15, -0.1) is 0 Å². The highest BCUT2D eigenvalue weighted by Gasteiger charge is 2.31. The molecule has 1 fully saturated rings. The van der Waals surface area contributed by atoms with Crippen molar-refractivity contribution in [2.24, 2.45) is 0 Å². The highest BCUT2D eigenvalue weighted by Crippen LogP contribution is 2.26. The fourth-order valence-corrected chi connectivity index (χ4v) is 4.07. The lowest BCUT2D eigenvalue weighted by molar-refractivity contribution is -0.00258. The van der Waals surface area contributed by atoms with E-state index in [0.717, 1.165) is 5.56 Å². The Kier molecular flexibility index (Phi) is 4.62. The van der Waals surface area contributed by atoms with E-state index in [-0.39, 0.29) is 30.4 Å².